The smallest absolute Gasteiger partial charge is 0.137 e. The molecule has 0 spiro atoms. The largest absolute Gasteiger partial charge is 0.495 e. The molecule has 104 valence electrons. The quantitative estimate of drug-likeness (QED) is 0.807. The summed E-state index contributed by atoms with van der Waals surface area (Å²) in [5, 5.41) is 0.602. The Hall–Kier alpha value is -1.80. The van der Waals surface area contributed by atoms with Crippen LogP contribution in [-0.2, 0) is 11.2 Å². The number of hydrogen-bond acceptors (Lipinski definition) is 2. The minimum Gasteiger partial charge on any atom is -0.495 e. The predicted octanol–water partition coefficient (Wildman–Crippen LogP) is 4.54. The standard InChI is InChI=1S/C17H17ClO2/c1-12(19)3-4-13-5-7-14(8-6-13)15-9-10-17(20-2)16(18)11-15/h5-11H,3-4H2,1-2H3. The molecule has 0 saturated carbocycles. The number of halogens is 1. The number of aryl methyl sites for hydroxylation is 1. The normalized spacial score (nSPS) is 10.3. The molecule has 2 aromatic carbocycles. The van der Waals surface area contributed by atoms with Crippen molar-refractivity contribution < 1.29 is 9.53 Å². The zero-order valence-corrected chi connectivity index (χ0v) is 12.4. The van der Waals surface area contributed by atoms with Gasteiger partial charge < -0.3 is 9.53 Å². The summed E-state index contributed by atoms with van der Waals surface area (Å²) in [4.78, 5) is 11.0. The Morgan fingerprint density at radius 2 is 1.75 bits per heavy atom. The third-order valence-electron chi connectivity index (χ3n) is 3.20. The maximum absolute atomic E-state index is 11.0. The molecule has 0 aliphatic carbocycles. The Bertz CT molecular complexity index is 603. The minimum atomic E-state index is 0.219. The van der Waals surface area contributed by atoms with E-state index < -0.39 is 0 Å². The molecule has 0 aliphatic rings. The van der Waals surface area contributed by atoms with Crippen molar-refractivity contribution in [3.05, 3.63) is 53.1 Å². The van der Waals surface area contributed by atoms with Gasteiger partial charge in [-0.05, 0) is 42.2 Å². The molecule has 2 rings (SSSR count). The zero-order valence-electron chi connectivity index (χ0n) is 11.7. The fourth-order valence-corrected chi connectivity index (χ4v) is 2.29. The number of benzene rings is 2. The second-order valence-corrected chi connectivity index (χ2v) is 5.16. The van der Waals surface area contributed by atoms with Gasteiger partial charge in [0.15, 0.2) is 0 Å². The summed E-state index contributed by atoms with van der Waals surface area (Å²) < 4.78 is 5.15. The number of ketones is 1. The second-order valence-electron chi connectivity index (χ2n) is 4.75. The van der Waals surface area contributed by atoms with Crippen molar-refractivity contribution in [3.63, 3.8) is 0 Å². The van der Waals surface area contributed by atoms with Crippen LogP contribution in [0.2, 0.25) is 5.02 Å². The number of methoxy groups -OCH3 is 1. The van der Waals surface area contributed by atoms with Gasteiger partial charge in [-0.2, -0.15) is 0 Å². The average molecular weight is 289 g/mol. The third kappa shape index (κ3) is 3.61. The van der Waals surface area contributed by atoms with E-state index in [0.717, 1.165) is 17.5 Å². The zero-order chi connectivity index (χ0) is 14.5. The molecule has 0 heterocycles. The van der Waals surface area contributed by atoms with Crippen molar-refractivity contribution in [2.45, 2.75) is 19.8 Å². The van der Waals surface area contributed by atoms with Crippen molar-refractivity contribution >= 4 is 17.4 Å². The predicted molar refractivity (Wildman–Crippen MR) is 82.4 cm³/mol. The van der Waals surface area contributed by atoms with Crippen molar-refractivity contribution in [2.24, 2.45) is 0 Å². The average Bonchev–Trinajstić information content (AvgIpc) is 2.45. The van der Waals surface area contributed by atoms with Gasteiger partial charge in [0.1, 0.15) is 11.5 Å². The molecule has 0 radical (unpaired) electrons. The molecule has 0 amide bonds. The molecule has 0 aromatic heterocycles. The van der Waals surface area contributed by atoms with Crippen molar-refractivity contribution in [1.29, 1.82) is 0 Å². The SMILES string of the molecule is COc1ccc(-c2ccc(CCC(C)=O)cc2)cc1Cl. The molecular weight excluding hydrogens is 272 g/mol. The van der Waals surface area contributed by atoms with Crippen LogP contribution in [0.15, 0.2) is 42.5 Å². The fourth-order valence-electron chi connectivity index (χ4n) is 2.03. The van der Waals surface area contributed by atoms with Gasteiger partial charge in [-0.1, -0.05) is 41.9 Å². The summed E-state index contributed by atoms with van der Waals surface area (Å²) >= 11 is 6.13. The van der Waals surface area contributed by atoms with Crippen molar-refractivity contribution in [3.8, 4) is 16.9 Å². The summed E-state index contributed by atoms with van der Waals surface area (Å²) in [5.74, 6) is 0.893. The first kappa shape index (κ1) is 14.6. The lowest BCUT2D eigenvalue weighted by Crippen LogP contribution is -1.93. The van der Waals surface area contributed by atoms with Gasteiger partial charge in [-0.3, -0.25) is 0 Å². The van der Waals surface area contributed by atoms with E-state index in [2.05, 4.69) is 12.1 Å². The lowest BCUT2D eigenvalue weighted by atomic mass is 10.0. The van der Waals surface area contributed by atoms with Crippen LogP contribution in [0.1, 0.15) is 18.9 Å². The van der Waals surface area contributed by atoms with Crippen LogP contribution in [0.4, 0.5) is 0 Å². The van der Waals surface area contributed by atoms with E-state index in [1.54, 1.807) is 14.0 Å². The van der Waals surface area contributed by atoms with E-state index in [0.29, 0.717) is 17.2 Å². The number of ether oxygens (including phenoxy) is 1. The Balaban J connectivity index is 2.17. The van der Waals surface area contributed by atoms with Gasteiger partial charge >= 0.3 is 0 Å². The molecule has 0 aliphatic heterocycles. The maximum Gasteiger partial charge on any atom is 0.137 e. The van der Waals surface area contributed by atoms with E-state index in [1.807, 2.05) is 30.3 Å². The lowest BCUT2D eigenvalue weighted by Gasteiger charge is -2.07. The summed E-state index contributed by atoms with van der Waals surface area (Å²) in [6, 6.07) is 13.9. The Morgan fingerprint density at radius 3 is 2.30 bits per heavy atom. The van der Waals surface area contributed by atoms with Crippen LogP contribution >= 0.6 is 11.6 Å². The number of rotatable bonds is 5. The van der Waals surface area contributed by atoms with Crippen LogP contribution in [0.5, 0.6) is 5.75 Å². The summed E-state index contributed by atoms with van der Waals surface area (Å²) in [5.41, 5.74) is 3.32. The molecule has 20 heavy (non-hydrogen) atoms. The Morgan fingerprint density at radius 1 is 1.10 bits per heavy atom. The van der Waals surface area contributed by atoms with E-state index in [-0.39, 0.29) is 5.78 Å². The van der Waals surface area contributed by atoms with E-state index in [1.165, 1.54) is 5.56 Å². The van der Waals surface area contributed by atoms with Crippen LogP contribution in [0.25, 0.3) is 11.1 Å². The minimum absolute atomic E-state index is 0.219. The number of hydrogen-bond donors (Lipinski definition) is 0. The van der Waals surface area contributed by atoms with Crippen LogP contribution < -0.4 is 4.74 Å². The number of Topliss-reactive ketones (excluding diaryl/α,β-unsaturated/α-hetero) is 1. The molecule has 0 N–H and O–H groups in total. The van der Waals surface area contributed by atoms with Crippen LogP contribution in [-0.4, -0.2) is 12.9 Å². The molecule has 2 aromatic rings. The Kier molecular flexibility index (Phi) is 4.80. The second kappa shape index (κ2) is 6.58. The molecule has 0 atom stereocenters. The summed E-state index contributed by atoms with van der Waals surface area (Å²) in [6.07, 6.45) is 1.38. The first-order valence-electron chi connectivity index (χ1n) is 6.52. The van der Waals surface area contributed by atoms with Crippen LogP contribution in [0.3, 0.4) is 0 Å². The van der Waals surface area contributed by atoms with Gasteiger partial charge in [0, 0.05) is 6.42 Å². The maximum atomic E-state index is 11.0. The van der Waals surface area contributed by atoms with Gasteiger partial charge in [-0.15, -0.1) is 0 Å². The fraction of sp³-hybridized carbons (Fsp3) is 0.235. The van der Waals surface area contributed by atoms with Gasteiger partial charge in [0.25, 0.3) is 0 Å². The third-order valence-corrected chi connectivity index (χ3v) is 3.50. The Labute approximate surface area is 124 Å². The first-order valence-corrected chi connectivity index (χ1v) is 6.90. The van der Waals surface area contributed by atoms with Crippen molar-refractivity contribution in [1.82, 2.24) is 0 Å². The van der Waals surface area contributed by atoms with E-state index in [9.17, 15) is 4.79 Å². The highest BCUT2D eigenvalue weighted by Crippen LogP contribution is 2.30. The van der Waals surface area contributed by atoms with Crippen molar-refractivity contribution in [2.75, 3.05) is 7.11 Å². The molecule has 0 fully saturated rings. The lowest BCUT2D eigenvalue weighted by molar-refractivity contribution is -0.116. The van der Waals surface area contributed by atoms with Crippen LogP contribution in [0, 0.1) is 0 Å². The molecule has 0 bridgehead atoms. The van der Waals surface area contributed by atoms with Gasteiger partial charge in [0.05, 0.1) is 12.1 Å². The number of carbonyl (C=O) groups is 1. The first-order chi connectivity index (χ1) is 9.60. The topological polar surface area (TPSA) is 26.3 Å². The van der Waals surface area contributed by atoms with Gasteiger partial charge in [0.2, 0.25) is 0 Å². The highest BCUT2D eigenvalue weighted by atomic mass is 35.5. The van der Waals surface area contributed by atoms with Gasteiger partial charge in [-0.25, -0.2) is 0 Å². The molecular formula is C17H17ClO2. The molecule has 0 unspecified atom stereocenters. The molecule has 0 saturated heterocycles. The van der Waals surface area contributed by atoms with E-state index in [4.69, 9.17) is 16.3 Å². The molecule has 3 heteroatoms. The monoisotopic (exact) mass is 288 g/mol. The van der Waals surface area contributed by atoms with E-state index >= 15 is 0 Å². The molecule has 2 nitrogen and oxygen atoms in total. The summed E-state index contributed by atoms with van der Waals surface area (Å²) in [6.45, 7) is 1.62. The summed E-state index contributed by atoms with van der Waals surface area (Å²) in [7, 11) is 1.60. The highest BCUT2D eigenvalue weighted by molar-refractivity contribution is 6.32. The highest BCUT2D eigenvalue weighted by Gasteiger charge is 2.04. The number of carbonyl (C=O) groups excluding carboxylic acids is 1.